The molecular weight excluding hydrogens is 457 g/mol. The van der Waals surface area contributed by atoms with Crippen LogP contribution >= 0.6 is 35.0 Å². The first kappa shape index (κ1) is 22.9. The predicted octanol–water partition coefficient (Wildman–Crippen LogP) is 5.22. The van der Waals surface area contributed by atoms with Gasteiger partial charge in [0.2, 0.25) is 5.88 Å². The molecule has 31 heavy (non-hydrogen) atoms. The van der Waals surface area contributed by atoms with Crippen LogP contribution in [0.25, 0.3) is 0 Å². The largest absolute Gasteiger partial charge is 0.473 e. The van der Waals surface area contributed by atoms with Crippen LogP contribution in [0.5, 0.6) is 5.88 Å². The number of nitrogens with one attached hydrogen (secondary N) is 1. The van der Waals surface area contributed by atoms with Crippen molar-refractivity contribution in [3.8, 4) is 5.88 Å². The zero-order chi connectivity index (χ0) is 22.2. The van der Waals surface area contributed by atoms with Crippen LogP contribution in [0.4, 0.5) is 0 Å². The second kappa shape index (κ2) is 11.0. The molecule has 0 aliphatic carbocycles. The van der Waals surface area contributed by atoms with Crippen molar-refractivity contribution >= 4 is 46.6 Å². The van der Waals surface area contributed by atoms with Crippen LogP contribution in [-0.4, -0.2) is 30.8 Å². The minimum atomic E-state index is -0.396. The van der Waals surface area contributed by atoms with Crippen LogP contribution in [0, 0.1) is 0 Å². The number of amides is 1. The van der Waals surface area contributed by atoms with E-state index in [2.05, 4.69) is 15.5 Å². The Kier molecular flexibility index (Phi) is 8.17. The lowest BCUT2D eigenvalue weighted by molar-refractivity contribution is -0.114. The predicted molar refractivity (Wildman–Crippen MR) is 123 cm³/mol. The maximum Gasteiger partial charge on any atom is 0.273 e. The van der Waals surface area contributed by atoms with Gasteiger partial charge in [0.15, 0.2) is 5.71 Å². The Bertz CT molecular complexity index is 1070. The Morgan fingerprint density at radius 2 is 1.84 bits per heavy atom. The van der Waals surface area contributed by atoms with Crippen LogP contribution in [0.3, 0.4) is 0 Å². The number of likely N-dealkylation sites (N-methyl/N-ethyl adjacent to an activating group) is 1. The third-order valence-electron chi connectivity index (χ3n) is 4.12. The maximum absolute atomic E-state index is 12.2. The summed E-state index contributed by atoms with van der Waals surface area (Å²) in [5, 5.41) is 7.52. The van der Waals surface area contributed by atoms with Crippen molar-refractivity contribution in [2.75, 3.05) is 14.2 Å². The lowest BCUT2D eigenvalue weighted by atomic mass is 10.0. The number of halogens is 2. The van der Waals surface area contributed by atoms with Crippen molar-refractivity contribution in [1.29, 1.82) is 0 Å². The number of oxime groups is 1. The SMILES string of the molecule is CNC(=O)C(=NOC)c1cccc(Cl)c1COc1ccc(Sc2ccc(Cl)cc2)cn1. The van der Waals surface area contributed by atoms with E-state index in [1.807, 2.05) is 30.3 Å². The van der Waals surface area contributed by atoms with E-state index in [-0.39, 0.29) is 12.3 Å². The summed E-state index contributed by atoms with van der Waals surface area (Å²) < 4.78 is 5.83. The van der Waals surface area contributed by atoms with E-state index < -0.39 is 5.91 Å². The molecule has 3 rings (SSSR count). The molecule has 0 saturated carbocycles. The van der Waals surface area contributed by atoms with Crippen molar-refractivity contribution in [3.05, 3.63) is 82.0 Å². The van der Waals surface area contributed by atoms with Gasteiger partial charge >= 0.3 is 0 Å². The van der Waals surface area contributed by atoms with E-state index in [9.17, 15) is 4.79 Å². The van der Waals surface area contributed by atoms with Crippen molar-refractivity contribution < 1.29 is 14.4 Å². The van der Waals surface area contributed by atoms with Gasteiger partial charge in [0, 0.05) is 50.3 Å². The Morgan fingerprint density at radius 3 is 2.48 bits per heavy atom. The lowest BCUT2D eigenvalue weighted by Crippen LogP contribution is -2.29. The van der Waals surface area contributed by atoms with E-state index in [1.54, 1.807) is 42.2 Å². The minimum absolute atomic E-state index is 0.103. The highest BCUT2D eigenvalue weighted by Crippen LogP contribution is 2.29. The van der Waals surface area contributed by atoms with Crippen molar-refractivity contribution in [2.45, 2.75) is 16.4 Å². The van der Waals surface area contributed by atoms with E-state index in [4.69, 9.17) is 32.8 Å². The van der Waals surface area contributed by atoms with Crippen LogP contribution < -0.4 is 10.1 Å². The zero-order valence-electron chi connectivity index (χ0n) is 16.8. The molecule has 1 N–H and O–H groups in total. The van der Waals surface area contributed by atoms with E-state index in [0.29, 0.717) is 27.1 Å². The second-order valence-electron chi connectivity index (χ2n) is 6.14. The second-order valence-corrected chi connectivity index (χ2v) is 8.13. The fraction of sp³-hybridized carbons (Fsp3) is 0.136. The summed E-state index contributed by atoms with van der Waals surface area (Å²) in [5.41, 5.74) is 1.22. The quantitative estimate of drug-likeness (QED) is 0.357. The zero-order valence-corrected chi connectivity index (χ0v) is 19.1. The summed E-state index contributed by atoms with van der Waals surface area (Å²) in [6.07, 6.45) is 1.73. The first-order valence-corrected chi connectivity index (χ1v) is 10.7. The summed E-state index contributed by atoms with van der Waals surface area (Å²) in [7, 11) is 2.89. The van der Waals surface area contributed by atoms with Crippen molar-refractivity contribution in [1.82, 2.24) is 10.3 Å². The number of hydrogen-bond acceptors (Lipinski definition) is 6. The fourth-order valence-electron chi connectivity index (χ4n) is 2.65. The van der Waals surface area contributed by atoms with Gasteiger partial charge in [0.05, 0.1) is 0 Å². The monoisotopic (exact) mass is 475 g/mol. The molecule has 0 atom stereocenters. The molecule has 0 fully saturated rings. The van der Waals surface area contributed by atoms with Gasteiger partial charge in [-0.25, -0.2) is 4.98 Å². The van der Waals surface area contributed by atoms with Gasteiger partial charge in [-0.1, -0.05) is 52.3 Å². The summed E-state index contributed by atoms with van der Waals surface area (Å²) in [4.78, 5) is 23.4. The Morgan fingerprint density at radius 1 is 1.10 bits per heavy atom. The molecule has 9 heteroatoms. The summed E-state index contributed by atoms with van der Waals surface area (Å²) in [6, 6.07) is 16.5. The third-order valence-corrected chi connectivity index (χ3v) is 5.71. The molecule has 0 saturated heterocycles. The molecule has 0 spiro atoms. The first-order valence-electron chi connectivity index (χ1n) is 9.15. The molecule has 0 aliphatic rings. The highest BCUT2D eigenvalue weighted by atomic mass is 35.5. The molecule has 1 heterocycles. The first-order chi connectivity index (χ1) is 15.0. The fourth-order valence-corrected chi connectivity index (χ4v) is 3.79. The average molecular weight is 476 g/mol. The van der Waals surface area contributed by atoms with E-state index in [1.165, 1.54) is 14.2 Å². The molecule has 0 unspecified atom stereocenters. The topological polar surface area (TPSA) is 72.8 Å². The van der Waals surface area contributed by atoms with Gasteiger partial charge in [0.1, 0.15) is 13.7 Å². The maximum atomic E-state index is 12.2. The number of pyridine rings is 1. The van der Waals surface area contributed by atoms with Gasteiger partial charge < -0.3 is 14.9 Å². The van der Waals surface area contributed by atoms with Crippen LogP contribution in [-0.2, 0) is 16.2 Å². The molecule has 160 valence electrons. The number of benzene rings is 2. The Balaban J connectivity index is 1.74. The summed E-state index contributed by atoms with van der Waals surface area (Å²) >= 11 is 13.9. The molecule has 0 aliphatic heterocycles. The van der Waals surface area contributed by atoms with Gasteiger partial charge in [-0.05, 0) is 36.4 Å². The molecule has 0 bridgehead atoms. The van der Waals surface area contributed by atoms with E-state index in [0.717, 1.165) is 9.79 Å². The Labute approximate surface area is 194 Å². The number of nitrogens with zero attached hydrogens (tertiary/aromatic N) is 2. The molecule has 1 aromatic heterocycles. The van der Waals surface area contributed by atoms with Gasteiger partial charge in [0.25, 0.3) is 5.91 Å². The number of carbonyl (C=O) groups excluding carboxylic acids is 1. The van der Waals surface area contributed by atoms with E-state index >= 15 is 0 Å². The minimum Gasteiger partial charge on any atom is -0.473 e. The van der Waals surface area contributed by atoms with Crippen LogP contribution in [0.15, 0.2) is 75.7 Å². The third kappa shape index (κ3) is 6.13. The highest BCUT2D eigenvalue weighted by Gasteiger charge is 2.20. The average Bonchev–Trinajstić information content (AvgIpc) is 2.78. The number of ether oxygens (including phenoxy) is 1. The molecule has 3 aromatic rings. The van der Waals surface area contributed by atoms with Crippen molar-refractivity contribution in [3.63, 3.8) is 0 Å². The molecule has 2 aromatic carbocycles. The standard InChI is InChI=1S/C22H19Cl2N3O3S/c1-25-22(28)21(27-29-2)17-4-3-5-19(24)18(17)13-30-20-11-10-16(12-26-20)31-15-8-6-14(23)7-9-15/h3-12H,13H2,1-2H3,(H,25,28). The molecular formula is C22H19Cl2N3O3S. The molecule has 1 amide bonds. The summed E-state index contributed by atoms with van der Waals surface area (Å²) in [6.45, 7) is 0.103. The van der Waals surface area contributed by atoms with Gasteiger partial charge in [-0.2, -0.15) is 0 Å². The lowest BCUT2D eigenvalue weighted by Gasteiger charge is -2.13. The van der Waals surface area contributed by atoms with Gasteiger partial charge in [-0.15, -0.1) is 0 Å². The smallest absolute Gasteiger partial charge is 0.273 e. The number of rotatable bonds is 8. The van der Waals surface area contributed by atoms with Crippen LogP contribution in [0.2, 0.25) is 10.0 Å². The number of aromatic nitrogens is 1. The highest BCUT2D eigenvalue weighted by molar-refractivity contribution is 7.99. The normalized spacial score (nSPS) is 11.2. The van der Waals surface area contributed by atoms with Crippen LogP contribution in [0.1, 0.15) is 11.1 Å². The van der Waals surface area contributed by atoms with Gasteiger partial charge in [-0.3, -0.25) is 4.79 Å². The van der Waals surface area contributed by atoms with Crippen molar-refractivity contribution in [2.24, 2.45) is 5.16 Å². The number of hydrogen-bond donors (Lipinski definition) is 1. The Hall–Kier alpha value is -2.74. The number of carbonyl (C=O) groups is 1. The summed E-state index contributed by atoms with van der Waals surface area (Å²) in [5.74, 6) is 0.0311. The molecule has 0 radical (unpaired) electrons. The molecule has 6 nitrogen and oxygen atoms in total.